The van der Waals surface area contributed by atoms with Gasteiger partial charge in [-0.05, 0) is 25.5 Å². The molecule has 5 nitrogen and oxygen atoms in total. The van der Waals surface area contributed by atoms with Gasteiger partial charge in [-0.2, -0.15) is 17.6 Å². The van der Waals surface area contributed by atoms with Crippen LogP contribution in [0.25, 0.3) is 0 Å². The summed E-state index contributed by atoms with van der Waals surface area (Å²) in [5.41, 5.74) is -0.140. The Kier molecular flexibility index (Phi) is 3.18. The largest absolute Gasteiger partial charge is 0.350 e. The number of carbonyl (C=O) groups excluding carboxylic acids is 1. The number of nitrogens with one attached hydrogen (secondary N) is 1. The third-order valence-electron chi connectivity index (χ3n) is 2.66. The molecule has 16 heavy (non-hydrogen) atoms. The second-order valence-electron chi connectivity index (χ2n) is 4.21. The molecule has 0 unspecified atom stereocenters. The van der Waals surface area contributed by atoms with Crippen molar-refractivity contribution in [2.75, 3.05) is 5.75 Å². The first-order valence-corrected chi connectivity index (χ1v) is 5.98. The Labute approximate surface area is 99.4 Å². The Bertz CT molecular complexity index is 387. The Morgan fingerprint density at radius 3 is 2.88 bits per heavy atom. The standard InChI is InChI=1S/C10H15N3O2S/c1-7-11-9(15-13-7)6-10(3-4-10)12-8(14)2-5-16/h16H,2-6H2,1H3,(H,12,14). The summed E-state index contributed by atoms with van der Waals surface area (Å²) >= 11 is 4.03. The number of aryl methyl sites for hydroxylation is 1. The maximum Gasteiger partial charge on any atom is 0.228 e. The average molecular weight is 241 g/mol. The van der Waals surface area contributed by atoms with Gasteiger partial charge in [-0.25, -0.2) is 0 Å². The van der Waals surface area contributed by atoms with Gasteiger partial charge in [-0.15, -0.1) is 0 Å². The quantitative estimate of drug-likeness (QED) is 0.751. The fourth-order valence-corrected chi connectivity index (χ4v) is 1.86. The fraction of sp³-hybridized carbons (Fsp3) is 0.700. The zero-order valence-electron chi connectivity index (χ0n) is 9.19. The van der Waals surface area contributed by atoms with Gasteiger partial charge >= 0.3 is 0 Å². The highest BCUT2D eigenvalue weighted by atomic mass is 32.1. The van der Waals surface area contributed by atoms with Crippen molar-refractivity contribution >= 4 is 18.5 Å². The van der Waals surface area contributed by atoms with Crippen LogP contribution in [0.15, 0.2) is 4.52 Å². The zero-order chi connectivity index (χ0) is 11.6. The van der Waals surface area contributed by atoms with Gasteiger partial charge in [0.15, 0.2) is 5.82 Å². The first kappa shape index (κ1) is 11.4. The number of hydrogen-bond donors (Lipinski definition) is 2. The number of aromatic nitrogens is 2. The van der Waals surface area contributed by atoms with E-state index in [1.54, 1.807) is 6.92 Å². The number of carbonyl (C=O) groups is 1. The molecule has 6 heteroatoms. The summed E-state index contributed by atoms with van der Waals surface area (Å²) < 4.78 is 5.05. The van der Waals surface area contributed by atoms with Crippen molar-refractivity contribution < 1.29 is 9.32 Å². The van der Waals surface area contributed by atoms with Crippen LogP contribution in [0, 0.1) is 6.92 Å². The lowest BCUT2D eigenvalue weighted by atomic mass is 10.1. The normalized spacial score (nSPS) is 17.1. The lowest BCUT2D eigenvalue weighted by Gasteiger charge is -2.14. The molecule has 1 fully saturated rings. The van der Waals surface area contributed by atoms with Crippen LogP contribution in [0.2, 0.25) is 0 Å². The molecule has 0 aromatic carbocycles. The van der Waals surface area contributed by atoms with Crippen molar-refractivity contribution in [2.45, 2.75) is 38.1 Å². The Morgan fingerprint density at radius 2 is 2.38 bits per heavy atom. The van der Waals surface area contributed by atoms with Crippen molar-refractivity contribution in [1.82, 2.24) is 15.5 Å². The van der Waals surface area contributed by atoms with E-state index in [0.29, 0.717) is 30.3 Å². The maximum atomic E-state index is 11.5. The molecule has 0 saturated heterocycles. The molecule has 2 rings (SSSR count). The van der Waals surface area contributed by atoms with Crippen LogP contribution in [0.3, 0.4) is 0 Å². The van der Waals surface area contributed by atoms with Crippen molar-refractivity contribution in [1.29, 1.82) is 0 Å². The minimum absolute atomic E-state index is 0.0451. The summed E-state index contributed by atoms with van der Waals surface area (Å²) in [4.78, 5) is 15.6. The first-order chi connectivity index (χ1) is 7.63. The Morgan fingerprint density at radius 1 is 1.62 bits per heavy atom. The molecule has 0 aliphatic heterocycles. The predicted molar refractivity (Wildman–Crippen MR) is 61.3 cm³/mol. The van der Waals surface area contributed by atoms with Gasteiger partial charge in [0.25, 0.3) is 0 Å². The topological polar surface area (TPSA) is 68.0 Å². The van der Waals surface area contributed by atoms with Gasteiger partial charge in [0.05, 0.1) is 6.42 Å². The van der Waals surface area contributed by atoms with Gasteiger partial charge in [0, 0.05) is 12.0 Å². The molecule has 1 aliphatic carbocycles. The Balaban J connectivity index is 1.91. The lowest BCUT2D eigenvalue weighted by Crippen LogP contribution is -2.38. The van der Waals surface area contributed by atoms with E-state index < -0.39 is 0 Å². The maximum absolute atomic E-state index is 11.5. The molecule has 1 aliphatic rings. The van der Waals surface area contributed by atoms with E-state index >= 15 is 0 Å². The van der Waals surface area contributed by atoms with E-state index in [0.717, 1.165) is 12.8 Å². The van der Waals surface area contributed by atoms with Crippen molar-refractivity contribution in [3.8, 4) is 0 Å². The van der Waals surface area contributed by atoms with Gasteiger partial charge in [0.2, 0.25) is 11.8 Å². The van der Waals surface area contributed by atoms with Crippen molar-refractivity contribution in [3.63, 3.8) is 0 Å². The van der Waals surface area contributed by atoms with E-state index in [9.17, 15) is 4.79 Å². The summed E-state index contributed by atoms with van der Waals surface area (Å²) in [7, 11) is 0. The van der Waals surface area contributed by atoms with Gasteiger partial charge in [-0.3, -0.25) is 4.79 Å². The smallest absolute Gasteiger partial charge is 0.228 e. The lowest BCUT2D eigenvalue weighted by molar-refractivity contribution is -0.121. The summed E-state index contributed by atoms with van der Waals surface area (Å²) in [6.07, 6.45) is 3.04. The van der Waals surface area contributed by atoms with Crippen molar-refractivity contribution in [2.24, 2.45) is 0 Å². The molecule has 1 amide bonds. The van der Waals surface area contributed by atoms with E-state index in [2.05, 4.69) is 28.1 Å². The molecule has 0 radical (unpaired) electrons. The molecule has 0 atom stereocenters. The van der Waals surface area contributed by atoms with Crippen LogP contribution in [0.1, 0.15) is 31.0 Å². The highest BCUT2D eigenvalue weighted by Crippen LogP contribution is 2.38. The minimum atomic E-state index is -0.140. The predicted octanol–water partition coefficient (Wildman–Crippen LogP) is 0.889. The van der Waals surface area contributed by atoms with Crippen molar-refractivity contribution in [3.05, 3.63) is 11.7 Å². The van der Waals surface area contributed by atoms with Crippen LogP contribution < -0.4 is 5.32 Å². The highest BCUT2D eigenvalue weighted by Gasteiger charge is 2.45. The van der Waals surface area contributed by atoms with Crippen LogP contribution in [0.4, 0.5) is 0 Å². The molecule has 1 aromatic rings. The molecular weight excluding hydrogens is 226 g/mol. The van der Waals surface area contributed by atoms with E-state index in [-0.39, 0.29) is 11.4 Å². The molecule has 0 bridgehead atoms. The average Bonchev–Trinajstić information content (AvgIpc) is 2.82. The number of thiol groups is 1. The van der Waals surface area contributed by atoms with Crippen LogP contribution in [-0.4, -0.2) is 27.3 Å². The molecule has 88 valence electrons. The molecule has 1 N–H and O–H groups in total. The minimum Gasteiger partial charge on any atom is -0.350 e. The van der Waals surface area contributed by atoms with Gasteiger partial charge in [-0.1, -0.05) is 5.16 Å². The molecule has 0 spiro atoms. The highest BCUT2D eigenvalue weighted by molar-refractivity contribution is 7.80. The molecule has 1 heterocycles. The van der Waals surface area contributed by atoms with Gasteiger partial charge < -0.3 is 9.84 Å². The third kappa shape index (κ3) is 2.75. The number of hydrogen-bond acceptors (Lipinski definition) is 5. The van der Waals surface area contributed by atoms with Crippen LogP contribution in [0.5, 0.6) is 0 Å². The van der Waals surface area contributed by atoms with E-state index in [4.69, 9.17) is 4.52 Å². The zero-order valence-corrected chi connectivity index (χ0v) is 10.1. The summed E-state index contributed by atoms with van der Waals surface area (Å²) in [6, 6.07) is 0. The number of rotatable bonds is 5. The Hall–Kier alpha value is -1.04. The number of amides is 1. The monoisotopic (exact) mass is 241 g/mol. The summed E-state index contributed by atoms with van der Waals surface area (Å²) in [5.74, 6) is 1.85. The van der Waals surface area contributed by atoms with Crippen LogP contribution in [-0.2, 0) is 11.2 Å². The first-order valence-electron chi connectivity index (χ1n) is 5.35. The molecule has 1 aromatic heterocycles. The van der Waals surface area contributed by atoms with E-state index in [1.165, 1.54) is 0 Å². The van der Waals surface area contributed by atoms with E-state index in [1.807, 2.05) is 0 Å². The van der Waals surface area contributed by atoms with Gasteiger partial charge in [0.1, 0.15) is 0 Å². The fourth-order valence-electron chi connectivity index (χ4n) is 1.66. The molecule has 1 saturated carbocycles. The van der Waals surface area contributed by atoms with Crippen LogP contribution >= 0.6 is 12.6 Å². The number of nitrogens with zero attached hydrogens (tertiary/aromatic N) is 2. The second-order valence-corrected chi connectivity index (χ2v) is 4.66. The third-order valence-corrected chi connectivity index (χ3v) is 2.88. The summed E-state index contributed by atoms with van der Waals surface area (Å²) in [6.45, 7) is 1.78. The molecular formula is C10H15N3O2S. The second kappa shape index (κ2) is 4.45. The SMILES string of the molecule is Cc1noc(CC2(NC(=O)CCS)CC2)n1. The summed E-state index contributed by atoms with van der Waals surface area (Å²) in [5, 5.41) is 6.74.